The van der Waals surface area contributed by atoms with Crippen molar-refractivity contribution in [1.82, 2.24) is 4.90 Å². The molecular weight excluding hydrogens is 283 g/mol. The minimum atomic E-state index is -1.11. The second kappa shape index (κ2) is 5.80. The summed E-state index contributed by atoms with van der Waals surface area (Å²) in [6.45, 7) is 1.49. The first-order valence-corrected chi connectivity index (χ1v) is 7.15. The number of benzene rings is 1. The molecule has 0 radical (unpaired) electrons. The van der Waals surface area contributed by atoms with E-state index in [0.29, 0.717) is 5.56 Å². The minimum Gasteiger partial charge on any atom is -0.480 e. The number of amides is 1. The van der Waals surface area contributed by atoms with Crippen LogP contribution in [0.15, 0.2) is 24.3 Å². The Morgan fingerprint density at radius 2 is 2.15 bits per heavy atom. The fourth-order valence-electron chi connectivity index (χ4n) is 2.12. The Morgan fingerprint density at radius 3 is 2.70 bits per heavy atom. The molecule has 3 N–H and O–H groups in total. The summed E-state index contributed by atoms with van der Waals surface area (Å²) in [4.78, 5) is 24.6. The zero-order valence-corrected chi connectivity index (χ0v) is 11.6. The maximum Gasteiger partial charge on any atom is 0.327 e. The van der Waals surface area contributed by atoms with E-state index in [2.05, 4.69) is 0 Å². The van der Waals surface area contributed by atoms with E-state index in [4.69, 9.17) is 5.73 Å². The number of nitrogens with two attached hydrogens (primary N) is 1. The van der Waals surface area contributed by atoms with Gasteiger partial charge in [-0.15, -0.1) is 11.8 Å². The lowest BCUT2D eigenvalue weighted by Gasteiger charge is -2.29. The van der Waals surface area contributed by atoms with Crippen molar-refractivity contribution < 1.29 is 19.1 Å². The van der Waals surface area contributed by atoms with Crippen molar-refractivity contribution in [1.29, 1.82) is 0 Å². The van der Waals surface area contributed by atoms with Gasteiger partial charge < -0.3 is 15.7 Å². The number of carboxylic acid groups (broad SMARTS) is 1. The number of rotatable bonds is 3. The van der Waals surface area contributed by atoms with Crippen molar-refractivity contribution in [2.75, 3.05) is 5.75 Å². The van der Waals surface area contributed by atoms with Gasteiger partial charge in [-0.05, 0) is 13.0 Å². The van der Waals surface area contributed by atoms with Crippen LogP contribution in [-0.4, -0.2) is 39.7 Å². The molecule has 1 aromatic carbocycles. The Hall–Kier alpha value is -1.60. The van der Waals surface area contributed by atoms with Gasteiger partial charge in [0.05, 0.1) is 6.04 Å². The summed E-state index contributed by atoms with van der Waals surface area (Å²) in [6, 6.07) is 4.23. The lowest BCUT2D eigenvalue weighted by molar-refractivity contribution is -0.149. The Morgan fingerprint density at radius 1 is 1.50 bits per heavy atom. The third kappa shape index (κ3) is 2.64. The second-order valence-electron chi connectivity index (χ2n) is 4.60. The maximum absolute atomic E-state index is 13.9. The summed E-state index contributed by atoms with van der Waals surface area (Å²) in [5.41, 5.74) is 5.87. The average Bonchev–Trinajstić information content (AvgIpc) is 2.82. The molecule has 0 aromatic heterocycles. The quantitative estimate of drug-likeness (QED) is 0.876. The first-order chi connectivity index (χ1) is 9.43. The first-order valence-electron chi connectivity index (χ1n) is 6.10. The lowest BCUT2D eigenvalue weighted by atomic mass is 10.1. The zero-order chi connectivity index (χ0) is 14.9. The highest BCUT2D eigenvalue weighted by atomic mass is 32.2. The van der Waals surface area contributed by atoms with E-state index < -0.39 is 35.2 Å². The number of halogens is 1. The average molecular weight is 298 g/mol. The van der Waals surface area contributed by atoms with E-state index in [1.807, 2.05) is 0 Å². The summed E-state index contributed by atoms with van der Waals surface area (Å²) < 4.78 is 13.9. The van der Waals surface area contributed by atoms with Gasteiger partial charge in [-0.25, -0.2) is 9.18 Å². The van der Waals surface area contributed by atoms with Crippen molar-refractivity contribution in [3.05, 3.63) is 35.6 Å². The number of nitrogens with zero attached hydrogens (tertiary/aromatic N) is 1. The molecule has 0 saturated carbocycles. The zero-order valence-electron chi connectivity index (χ0n) is 10.8. The molecule has 108 valence electrons. The molecule has 0 aliphatic carbocycles. The number of carbonyl (C=O) groups is 2. The molecule has 5 nitrogen and oxygen atoms in total. The van der Waals surface area contributed by atoms with Gasteiger partial charge in [0.2, 0.25) is 5.91 Å². The van der Waals surface area contributed by atoms with Crippen LogP contribution in [0.1, 0.15) is 17.9 Å². The van der Waals surface area contributed by atoms with E-state index in [0.717, 1.165) is 0 Å². The largest absolute Gasteiger partial charge is 0.480 e. The van der Waals surface area contributed by atoms with Gasteiger partial charge in [0.1, 0.15) is 17.2 Å². The van der Waals surface area contributed by atoms with E-state index in [1.54, 1.807) is 18.2 Å². The molecule has 7 heteroatoms. The van der Waals surface area contributed by atoms with Crippen LogP contribution in [0.5, 0.6) is 0 Å². The second-order valence-corrected chi connectivity index (χ2v) is 5.71. The van der Waals surface area contributed by atoms with E-state index in [1.165, 1.54) is 29.7 Å². The first kappa shape index (κ1) is 14.8. The van der Waals surface area contributed by atoms with Crippen molar-refractivity contribution in [2.45, 2.75) is 24.4 Å². The van der Waals surface area contributed by atoms with Gasteiger partial charge in [-0.3, -0.25) is 4.79 Å². The molecule has 20 heavy (non-hydrogen) atoms. The topological polar surface area (TPSA) is 83.6 Å². The van der Waals surface area contributed by atoms with Crippen LogP contribution < -0.4 is 5.73 Å². The highest BCUT2D eigenvalue weighted by molar-refractivity contribution is 7.99. The molecule has 1 aromatic rings. The van der Waals surface area contributed by atoms with Crippen LogP contribution in [0.2, 0.25) is 0 Å². The predicted octanol–water partition coefficient (Wildman–Crippen LogP) is 1.20. The van der Waals surface area contributed by atoms with Crippen LogP contribution in [0.25, 0.3) is 0 Å². The molecule has 0 unspecified atom stereocenters. The standard InChI is InChI=1S/C13H15FN2O3S/c1-7(15)11(17)16-10(13(18)19)6-20-12(16)8-4-2-3-5-9(8)14/h2-5,7,10,12H,6,15H2,1H3,(H,18,19)/t7-,10+,12-/m1/s1. The monoisotopic (exact) mass is 298 g/mol. The van der Waals surface area contributed by atoms with Crippen molar-refractivity contribution in [3.8, 4) is 0 Å². The number of carboxylic acids is 1. The summed E-state index contributed by atoms with van der Waals surface area (Å²) >= 11 is 1.23. The Kier molecular flexibility index (Phi) is 4.29. The minimum absolute atomic E-state index is 0.215. The van der Waals surface area contributed by atoms with Gasteiger partial charge in [-0.2, -0.15) is 0 Å². The molecule has 2 rings (SSSR count). The Balaban J connectivity index is 2.40. The van der Waals surface area contributed by atoms with Crippen LogP contribution in [0.3, 0.4) is 0 Å². The molecule has 0 spiro atoms. The molecule has 1 heterocycles. The van der Waals surface area contributed by atoms with Crippen LogP contribution in [0.4, 0.5) is 4.39 Å². The number of hydrogen-bond donors (Lipinski definition) is 2. The summed E-state index contributed by atoms with van der Waals surface area (Å²) in [7, 11) is 0. The number of carbonyl (C=O) groups excluding carboxylic acids is 1. The van der Waals surface area contributed by atoms with E-state index >= 15 is 0 Å². The fourth-order valence-corrected chi connectivity index (χ4v) is 3.57. The highest BCUT2D eigenvalue weighted by Crippen LogP contribution is 2.42. The SMILES string of the molecule is C[C@@H](N)C(=O)N1[C@@H](c2ccccc2F)SC[C@H]1C(=O)O. The molecule has 1 aliphatic heterocycles. The number of hydrogen-bond acceptors (Lipinski definition) is 4. The Labute approximate surface area is 119 Å². The third-order valence-electron chi connectivity index (χ3n) is 3.10. The van der Waals surface area contributed by atoms with Crippen LogP contribution >= 0.6 is 11.8 Å². The van der Waals surface area contributed by atoms with E-state index in [-0.39, 0.29) is 5.75 Å². The molecule has 0 bridgehead atoms. The number of thioether (sulfide) groups is 1. The smallest absolute Gasteiger partial charge is 0.327 e. The van der Waals surface area contributed by atoms with Gasteiger partial charge in [-0.1, -0.05) is 18.2 Å². The fraction of sp³-hybridized carbons (Fsp3) is 0.385. The molecule has 1 amide bonds. The van der Waals surface area contributed by atoms with Crippen molar-refractivity contribution >= 4 is 23.6 Å². The van der Waals surface area contributed by atoms with Gasteiger partial charge >= 0.3 is 5.97 Å². The van der Waals surface area contributed by atoms with Gasteiger partial charge in [0.15, 0.2) is 0 Å². The molecule has 1 saturated heterocycles. The molecule has 1 fully saturated rings. The highest BCUT2D eigenvalue weighted by Gasteiger charge is 2.43. The lowest BCUT2D eigenvalue weighted by Crippen LogP contribution is -2.49. The third-order valence-corrected chi connectivity index (χ3v) is 4.41. The predicted molar refractivity (Wildman–Crippen MR) is 73.5 cm³/mol. The molecule has 3 atom stereocenters. The molecule has 1 aliphatic rings. The summed E-state index contributed by atoms with van der Waals surface area (Å²) in [6.07, 6.45) is 0. The van der Waals surface area contributed by atoms with Crippen LogP contribution in [-0.2, 0) is 9.59 Å². The van der Waals surface area contributed by atoms with Crippen LogP contribution in [0, 0.1) is 5.82 Å². The summed E-state index contributed by atoms with van der Waals surface area (Å²) in [5, 5.41) is 8.55. The van der Waals surface area contributed by atoms with Gasteiger partial charge in [0.25, 0.3) is 0 Å². The van der Waals surface area contributed by atoms with E-state index in [9.17, 15) is 19.1 Å². The molecular formula is C13H15FN2O3S. The van der Waals surface area contributed by atoms with Crippen molar-refractivity contribution in [3.63, 3.8) is 0 Å². The summed E-state index contributed by atoms with van der Waals surface area (Å²) in [5.74, 6) is -1.84. The number of aliphatic carboxylic acids is 1. The Bertz CT molecular complexity index is 538. The van der Waals surface area contributed by atoms with Gasteiger partial charge in [0, 0.05) is 11.3 Å². The van der Waals surface area contributed by atoms with Crippen molar-refractivity contribution in [2.24, 2.45) is 5.73 Å². The normalized spacial score (nSPS) is 23.6. The maximum atomic E-state index is 13.9.